The van der Waals surface area contributed by atoms with Gasteiger partial charge in [-0.25, -0.2) is 8.78 Å². The van der Waals surface area contributed by atoms with E-state index < -0.39 is 11.3 Å². The number of anilines is 1. The van der Waals surface area contributed by atoms with Gasteiger partial charge in [0.25, 0.3) is 5.92 Å². The molecule has 1 aromatic carbocycles. The van der Waals surface area contributed by atoms with Gasteiger partial charge in [-0.1, -0.05) is 18.2 Å². The molecule has 0 N–H and O–H groups in total. The minimum absolute atomic E-state index is 0.0596. The number of halogens is 2. The molecular weight excluding hydrogens is 322 g/mol. The summed E-state index contributed by atoms with van der Waals surface area (Å²) in [6, 6.07) is 9.91. The van der Waals surface area contributed by atoms with Gasteiger partial charge >= 0.3 is 0 Å². The Morgan fingerprint density at radius 3 is 2.60 bits per heavy atom. The molecule has 0 radical (unpaired) electrons. The van der Waals surface area contributed by atoms with Crippen molar-refractivity contribution in [1.29, 1.82) is 0 Å². The predicted molar refractivity (Wildman–Crippen MR) is 93.8 cm³/mol. The van der Waals surface area contributed by atoms with Gasteiger partial charge in [0.2, 0.25) is 0 Å². The number of piperidine rings is 1. The second-order valence-electron chi connectivity index (χ2n) is 7.47. The molecule has 2 aliphatic rings. The van der Waals surface area contributed by atoms with E-state index in [4.69, 9.17) is 0 Å². The molecule has 25 heavy (non-hydrogen) atoms. The van der Waals surface area contributed by atoms with E-state index in [0.717, 1.165) is 11.3 Å². The highest BCUT2D eigenvalue weighted by Crippen LogP contribution is 2.50. The summed E-state index contributed by atoms with van der Waals surface area (Å²) in [5.74, 6) is -2.61. The smallest absolute Gasteiger partial charge is 0.257 e. The topological polar surface area (TPSA) is 24.3 Å². The van der Waals surface area contributed by atoms with Crippen molar-refractivity contribution in [2.24, 2.45) is 12.5 Å². The summed E-state index contributed by atoms with van der Waals surface area (Å²) in [7, 11) is 1.88. The number of nitrogens with zero attached hydrogens (tertiary/aromatic N) is 4. The number of likely N-dealkylation sites (tertiary alicyclic amines) is 1. The first-order chi connectivity index (χ1) is 12.0. The van der Waals surface area contributed by atoms with Crippen molar-refractivity contribution in [3.05, 3.63) is 48.3 Å². The van der Waals surface area contributed by atoms with Crippen LogP contribution in [-0.2, 0) is 13.6 Å². The Morgan fingerprint density at radius 2 is 1.88 bits per heavy atom. The first kappa shape index (κ1) is 16.5. The summed E-state index contributed by atoms with van der Waals surface area (Å²) >= 11 is 0. The van der Waals surface area contributed by atoms with Gasteiger partial charge < -0.3 is 4.90 Å². The minimum atomic E-state index is -2.61. The van der Waals surface area contributed by atoms with Crippen LogP contribution in [0.25, 0.3) is 0 Å². The van der Waals surface area contributed by atoms with Gasteiger partial charge in [-0.3, -0.25) is 9.58 Å². The number of benzene rings is 1. The number of para-hydroxylation sites is 1. The van der Waals surface area contributed by atoms with Gasteiger partial charge in [0, 0.05) is 63.6 Å². The zero-order valence-electron chi connectivity index (χ0n) is 14.5. The van der Waals surface area contributed by atoms with E-state index in [1.807, 2.05) is 49.8 Å². The van der Waals surface area contributed by atoms with Crippen LogP contribution in [0.1, 0.15) is 18.4 Å². The predicted octanol–water partition coefficient (Wildman–Crippen LogP) is 3.16. The maximum Gasteiger partial charge on any atom is 0.257 e. The Morgan fingerprint density at radius 1 is 1.08 bits per heavy atom. The number of hydrogen-bond acceptors (Lipinski definition) is 3. The summed E-state index contributed by atoms with van der Waals surface area (Å²) < 4.78 is 31.6. The molecule has 2 aromatic rings. The van der Waals surface area contributed by atoms with Crippen molar-refractivity contribution in [3.8, 4) is 0 Å². The number of rotatable bonds is 3. The molecule has 6 heteroatoms. The van der Waals surface area contributed by atoms with Crippen molar-refractivity contribution in [2.45, 2.75) is 25.3 Å². The first-order valence-electron chi connectivity index (χ1n) is 8.85. The molecular formula is C19H24F2N4. The Kier molecular flexibility index (Phi) is 4.02. The molecule has 2 saturated heterocycles. The Labute approximate surface area is 147 Å². The third-order valence-corrected chi connectivity index (χ3v) is 5.68. The Balaban J connectivity index is 1.52. The lowest BCUT2D eigenvalue weighted by Gasteiger charge is -2.46. The fourth-order valence-corrected chi connectivity index (χ4v) is 4.29. The minimum Gasteiger partial charge on any atom is -0.371 e. The monoisotopic (exact) mass is 346 g/mol. The number of aromatic nitrogens is 2. The maximum atomic E-state index is 14.9. The summed E-state index contributed by atoms with van der Waals surface area (Å²) in [5, 5.41) is 4.19. The fraction of sp³-hybridized carbons (Fsp3) is 0.526. The maximum absolute atomic E-state index is 14.9. The molecule has 0 bridgehead atoms. The summed E-state index contributed by atoms with van der Waals surface area (Å²) in [5.41, 5.74) is 1.17. The van der Waals surface area contributed by atoms with E-state index >= 15 is 0 Å². The SMILES string of the molecule is Cn1cc(CN2CCC(F)(F)[C@@]3(CCN(c4ccccc4)C3)C2)cn1. The van der Waals surface area contributed by atoms with Gasteiger partial charge in [-0.15, -0.1) is 0 Å². The second-order valence-corrected chi connectivity index (χ2v) is 7.47. The normalized spacial score (nSPS) is 26.4. The molecule has 0 aliphatic carbocycles. The van der Waals surface area contributed by atoms with E-state index in [1.165, 1.54) is 0 Å². The number of alkyl halides is 2. The molecule has 134 valence electrons. The Bertz CT molecular complexity index is 730. The fourth-order valence-electron chi connectivity index (χ4n) is 4.29. The van der Waals surface area contributed by atoms with Gasteiger partial charge in [-0.05, 0) is 18.6 Å². The van der Waals surface area contributed by atoms with Gasteiger partial charge in [0.1, 0.15) is 0 Å². The molecule has 0 saturated carbocycles. The van der Waals surface area contributed by atoms with Crippen molar-refractivity contribution in [3.63, 3.8) is 0 Å². The summed E-state index contributed by atoms with van der Waals surface area (Å²) in [6.07, 6.45) is 4.27. The van der Waals surface area contributed by atoms with E-state index in [9.17, 15) is 8.78 Å². The van der Waals surface area contributed by atoms with Crippen LogP contribution in [0.15, 0.2) is 42.7 Å². The molecule has 2 aliphatic heterocycles. The highest BCUT2D eigenvalue weighted by atomic mass is 19.3. The van der Waals surface area contributed by atoms with Crippen LogP contribution in [0.3, 0.4) is 0 Å². The zero-order chi connectivity index (χ0) is 17.5. The van der Waals surface area contributed by atoms with Crippen molar-refractivity contribution >= 4 is 5.69 Å². The largest absolute Gasteiger partial charge is 0.371 e. The first-order valence-corrected chi connectivity index (χ1v) is 8.85. The lowest BCUT2D eigenvalue weighted by molar-refractivity contribution is -0.158. The van der Waals surface area contributed by atoms with Gasteiger partial charge in [0.05, 0.1) is 11.6 Å². The highest BCUT2D eigenvalue weighted by molar-refractivity contribution is 5.47. The van der Waals surface area contributed by atoms with Crippen LogP contribution < -0.4 is 4.90 Å². The van der Waals surface area contributed by atoms with E-state index in [2.05, 4.69) is 14.9 Å². The molecule has 2 fully saturated rings. The van der Waals surface area contributed by atoms with E-state index in [1.54, 1.807) is 4.68 Å². The van der Waals surface area contributed by atoms with E-state index in [-0.39, 0.29) is 6.42 Å². The molecule has 1 aromatic heterocycles. The van der Waals surface area contributed by atoms with Crippen LogP contribution >= 0.6 is 0 Å². The highest BCUT2D eigenvalue weighted by Gasteiger charge is 2.59. The van der Waals surface area contributed by atoms with Gasteiger partial charge in [0.15, 0.2) is 0 Å². The van der Waals surface area contributed by atoms with Crippen LogP contribution in [0.2, 0.25) is 0 Å². The standard InChI is InChI=1S/C19H24F2N4/c1-23-12-16(11-22-23)13-24-9-8-19(20,21)18(14-24)7-10-25(15-18)17-5-3-2-4-6-17/h2-6,11-12H,7-10,13-15H2,1H3/t18-/m0/s1. The van der Waals surface area contributed by atoms with Crippen molar-refractivity contribution in [2.75, 3.05) is 31.1 Å². The van der Waals surface area contributed by atoms with Crippen LogP contribution in [-0.4, -0.2) is 46.8 Å². The molecule has 4 nitrogen and oxygen atoms in total. The van der Waals surface area contributed by atoms with Crippen LogP contribution in [0.4, 0.5) is 14.5 Å². The molecule has 4 rings (SSSR count). The lowest BCUT2D eigenvalue weighted by Crippen LogP contribution is -2.56. The third kappa shape index (κ3) is 3.03. The van der Waals surface area contributed by atoms with E-state index in [0.29, 0.717) is 39.1 Å². The lowest BCUT2D eigenvalue weighted by atomic mass is 9.75. The summed E-state index contributed by atoms with van der Waals surface area (Å²) in [6.45, 7) is 2.69. The van der Waals surface area contributed by atoms with Crippen LogP contribution in [0, 0.1) is 5.41 Å². The van der Waals surface area contributed by atoms with Crippen LogP contribution in [0.5, 0.6) is 0 Å². The number of hydrogen-bond donors (Lipinski definition) is 0. The molecule has 1 spiro atoms. The van der Waals surface area contributed by atoms with Crippen molar-refractivity contribution in [1.82, 2.24) is 14.7 Å². The molecule has 3 heterocycles. The molecule has 0 unspecified atom stereocenters. The molecule has 0 amide bonds. The van der Waals surface area contributed by atoms with Gasteiger partial charge in [-0.2, -0.15) is 5.10 Å². The second kappa shape index (κ2) is 6.09. The molecule has 1 atom stereocenters. The third-order valence-electron chi connectivity index (χ3n) is 5.68. The Hall–Kier alpha value is -1.95. The quantitative estimate of drug-likeness (QED) is 0.853. The average Bonchev–Trinajstić information content (AvgIpc) is 3.20. The van der Waals surface area contributed by atoms with Crippen molar-refractivity contribution < 1.29 is 8.78 Å². The average molecular weight is 346 g/mol. The number of aryl methyl sites for hydroxylation is 1. The zero-order valence-corrected chi connectivity index (χ0v) is 14.5. The summed E-state index contributed by atoms with van der Waals surface area (Å²) in [4.78, 5) is 4.28.